The van der Waals surface area contributed by atoms with Crippen molar-refractivity contribution in [2.75, 3.05) is 55.3 Å². The topological polar surface area (TPSA) is 115 Å². The van der Waals surface area contributed by atoms with Crippen molar-refractivity contribution >= 4 is 52.2 Å². The summed E-state index contributed by atoms with van der Waals surface area (Å²) in [6.07, 6.45) is 7.71. The molecule has 2 aromatic carbocycles. The van der Waals surface area contributed by atoms with Gasteiger partial charge in [-0.05, 0) is 76.0 Å². The maximum absolute atomic E-state index is 12.9. The largest absolute Gasteiger partial charge is 0.371 e. The second kappa shape index (κ2) is 13.8. The van der Waals surface area contributed by atoms with E-state index in [9.17, 15) is 9.59 Å². The third-order valence-corrected chi connectivity index (χ3v) is 8.24. The molecule has 222 valence electrons. The van der Waals surface area contributed by atoms with Crippen molar-refractivity contribution in [2.45, 2.75) is 45.1 Å². The summed E-state index contributed by atoms with van der Waals surface area (Å²) in [4.78, 5) is 39.4. The summed E-state index contributed by atoms with van der Waals surface area (Å²) in [5.74, 6) is 0.194. The minimum absolute atomic E-state index is 0.199. The molecular formula is C31H39ClN8O2. The Kier molecular flexibility index (Phi) is 9.76. The van der Waals surface area contributed by atoms with Crippen LogP contribution in [-0.2, 0) is 0 Å². The standard InChI is InChI=1S/C31H39ClN8O2/c1-3-34-30(42)23-9-5-6-10-26(23)36-28-25(32)20-35-31(38-28)37-27-12-11-22(19-24(27)29(41)33-2)40-17-13-21(14-18-40)39-15-7-4-8-16-39/h5-6,9-12,19-21H,3-4,7-8,13-18H2,1-2H3,(H,33,41)(H,34,42)(H2,35,36,37,38). The van der Waals surface area contributed by atoms with Crippen molar-refractivity contribution in [3.05, 3.63) is 64.8 Å². The van der Waals surface area contributed by atoms with Crippen LogP contribution < -0.4 is 26.2 Å². The number of aromatic nitrogens is 2. The van der Waals surface area contributed by atoms with E-state index in [0.717, 1.165) is 31.6 Å². The second-order valence-electron chi connectivity index (χ2n) is 10.7. The minimum Gasteiger partial charge on any atom is -0.371 e. The van der Waals surface area contributed by atoms with Crippen LogP contribution in [0.1, 0.15) is 59.7 Å². The van der Waals surface area contributed by atoms with E-state index < -0.39 is 0 Å². The molecule has 2 saturated heterocycles. The molecule has 0 radical (unpaired) electrons. The Morgan fingerprint density at radius 2 is 1.67 bits per heavy atom. The lowest BCUT2D eigenvalue weighted by molar-refractivity contribution is 0.0951. The van der Waals surface area contributed by atoms with Crippen LogP contribution in [0, 0.1) is 0 Å². The molecule has 42 heavy (non-hydrogen) atoms. The molecule has 0 atom stereocenters. The molecule has 2 amide bonds. The number of nitrogens with zero attached hydrogens (tertiary/aromatic N) is 4. The van der Waals surface area contributed by atoms with Crippen molar-refractivity contribution in [1.82, 2.24) is 25.5 Å². The van der Waals surface area contributed by atoms with Gasteiger partial charge in [-0.1, -0.05) is 30.2 Å². The molecular weight excluding hydrogens is 552 g/mol. The Morgan fingerprint density at radius 3 is 2.40 bits per heavy atom. The van der Waals surface area contributed by atoms with Crippen LogP contribution in [0.5, 0.6) is 0 Å². The van der Waals surface area contributed by atoms with Gasteiger partial charge in [-0.3, -0.25) is 9.59 Å². The lowest BCUT2D eigenvalue weighted by Crippen LogP contribution is -2.46. The van der Waals surface area contributed by atoms with Gasteiger partial charge in [-0.25, -0.2) is 4.98 Å². The number of likely N-dealkylation sites (tertiary alicyclic amines) is 1. The number of anilines is 5. The minimum atomic E-state index is -0.203. The van der Waals surface area contributed by atoms with E-state index in [0.29, 0.717) is 45.9 Å². The number of carbonyl (C=O) groups excluding carboxylic acids is 2. The highest BCUT2D eigenvalue weighted by Crippen LogP contribution is 2.31. The zero-order valence-corrected chi connectivity index (χ0v) is 25.0. The predicted octanol–water partition coefficient (Wildman–Crippen LogP) is 5.18. The van der Waals surface area contributed by atoms with Crippen molar-refractivity contribution in [3.63, 3.8) is 0 Å². The van der Waals surface area contributed by atoms with Crippen LogP contribution in [0.25, 0.3) is 0 Å². The number of carbonyl (C=O) groups is 2. The Hall–Kier alpha value is -3.89. The molecule has 11 heteroatoms. The average Bonchev–Trinajstić information content (AvgIpc) is 3.03. The molecule has 2 aliphatic rings. The van der Waals surface area contributed by atoms with Gasteiger partial charge in [0.2, 0.25) is 5.95 Å². The van der Waals surface area contributed by atoms with Gasteiger partial charge in [-0.2, -0.15) is 4.98 Å². The van der Waals surface area contributed by atoms with E-state index in [1.807, 2.05) is 31.2 Å². The molecule has 4 N–H and O–H groups in total. The molecule has 3 heterocycles. The molecule has 0 spiro atoms. The Morgan fingerprint density at radius 1 is 0.929 bits per heavy atom. The van der Waals surface area contributed by atoms with Gasteiger partial charge >= 0.3 is 0 Å². The molecule has 2 aliphatic heterocycles. The van der Waals surface area contributed by atoms with Crippen LogP contribution in [0.4, 0.5) is 28.8 Å². The smallest absolute Gasteiger partial charge is 0.253 e. The molecule has 2 fully saturated rings. The number of hydrogen-bond acceptors (Lipinski definition) is 8. The van der Waals surface area contributed by atoms with Crippen molar-refractivity contribution in [2.24, 2.45) is 0 Å². The van der Waals surface area contributed by atoms with E-state index in [1.54, 1.807) is 25.2 Å². The third kappa shape index (κ3) is 6.94. The average molecular weight is 591 g/mol. The van der Waals surface area contributed by atoms with E-state index >= 15 is 0 Å². The maximum atomic E-state index is 12.9. The van der Waals surface area contributed by atoms with Gasteiger partial charge in [0.1, 0.15) is 5.02 Å². The van der Waals surface area contributed by atoms with Gasteiger partial charge in [0.05, 0.1) is 28.7 Å². The molecule has 0 unspecified atom stereocenters. The molecule has 10 nitrogen and oxygen atoms in total. The molecule has 5 rings (SSSR count). The summed E-state index contributed by atoms with van der Waals surface area (Å²) >= 11 is 6.42. The molecule has 0 saturated carbocycles. The first-order valence-electron chi connectivity index (χ1n) is 14.8. The van der Waals surface area contributed by atoms with Crippen LogP contribution in [0.3, 0.4) is 0 Å². The fraction of sp³-hybridized carbons (Fsp3) is 0.419. The normalized spacial score (nSPS) is 16.1. The maximum Gasteiger partial charge on any atom is 0.253 e. The first kappa shape index (κ1) is 29.6. The fourth-order valence-electron chi connectivity index (χ4n) is 5.74. The van der Waals surface area contributed by atoms with Gasteiger partial charge < -0.3 is 31.1 Å². The fourth-order valence-corrected chi connectivity index (χ4v) is 5.88. The molecule has 0 bridgehead atoms. The van der Waals surface area contributed by atoms with Gasteiger partial charge in [-0.15, -0.1) is 0 Å². The van der Waals surface area contributed by atoms with E-state index in [1.165, 1.54) is 38.5 Å². The Balaban J connectivity index is 1.33. The van der Waals surface area contributed by atoms with Gasteiger partial charge in [0.25, 0.3) is 11.8 Å². The SMILES string of the molecule is CCNC(=O)c1ccccc1Nc1nc(Nc2ccc(N3CCC(N4CCCCC4)CC3)cc2C(=O)NC)ncc1Cl. The lowest BCUT2D eigenvalue weighted by Gasteiger charge is -2.41. The van der Waals surface area contributed by atoms with E-state index in [-0.39, 0.29) is 17.8 Å². The van der Waals surface area contributed by atoms with Crippen molar-refractivity contribution in [1.29, 1.82) is 0 Å². The highest BCUT2D eigenvalue weighted by atomic mass is 35.5. The Labute approximate surface area is 252 Å². The molecule has 0 aliphatic carbocycles. The first-order chi connectivity index (χ1) is 20.5. The number of halogens is 1. The van der Waals surface area contributed by atoms with Gasteiger partial charge in [0, 0.05) is 38.4 Å². The number of hydrogen-bond donors (Lipinski definition) is 4. The highest BCUT2D eigenvalue weighted by Gasteiger charge is 2.26. The zero-order chi connectivity index (χ0) is 29.5. The van der Waals surface area contributed by atoms with Crippen LogP contribution in [0.2, 0.25) is 5.02 Å². The molecule has 1 aromatic heterocycles. The number of para-hydroxylation sites is 1. The van der Waals surface area contributed by atoms with E-state index in [4.69, 9.17) is 11.6 Å². The van der Waals surface area contributed by atoms with Crippen molar-refractivity contribution in [3.8, 4) is 0 Å². The van der Waals surface area contributed by atoms with Crippen LogP contribution >= 0.6 is 11.6 Å². The lowest BCUT2D eigenvalue weighted by atomic mass is 9.99. The quantitative estimate of drug-likeness (QED) is 0.269. The van der Waals surface area contributed by atoms with Crippen molar-refractivity contribution < 1.29 is 9.59 Å². The summed E-state index contributed by atoms with van der Waals surface area (Å²) in [7, 11) is 1.62. The molecule has 3 aromatic rings. The number of amides is 2. The van der Waals surface area contributed by atoms with Gasteiger partial charge in [0.15, 0.2) is 5.82 Å². The zero-order valence-electron chi connectivity index (χ0n) is 24.3. The summed E-state index contributed by atoms with van der Waals surface area (Å²) in [5.41, 5.74) is 3.15. The summed E-state index contributed by atoms with van der Waals surface area (Å²) in [6, 6.07) is 13.7. The Bertz CT molecular complexity index is 1400. The summed E-state index contributed by atoms with van der Waals surface area (Å²) in [5, 5.41) is 12.2. The van der Waals surface area contributed by atoms with Crippen LogP contribution in [0.15, 0.2) is 48.7 Å². The number of nitrogens with one attached hydrogen (secondary N) is 4. The third-order valence-electron chi connectivity index (χ3n) is 7.96. The predicted molar refractivity (Wildman–Crippen MR) is 169 cm³/mol. The monoisotopic (exact) mass is 590 g/mol. The second-order valence-corrected chi connectivity index (χ2v) is 11.1. The first-order valence-corrected chi connectivity index (χ1v) is 15.1. The van der Waals surface area contributed by atoms with E-state index in [2.05, 4.69) is 41.0 Å². The van der Waals surface area contributed by atoms with Crippen LogP contribution in [-0.4, -0.2) is 72.5 Å². The summed E-state index contributed by atoms with van der Waals surface area (Å²) in [6.45, 7) is 6.75. The highest BCUT2D eigenvalue weighted by molar-refractivity contribution is 6.33. The number of rotatable bonds is 9. The number of benzene rings is 2. The number of piperidine rings is 2. The summed E-state index contributed by atoms with van der Waals surface area (Å²) < 4.78 is 0.